The highest BCUT2D eigenvalue weighted by atomic mass is 35.5. The molecule has 0 unspecified atom stereocenters. The fourth-order valence-corrected chi connectivity index (χ4v) is 5.02. The SMILES string of the molecule is O=S(=O)(c1ccccc1)N1CN(c2ccc(Cl)c(Cl)c2)c2nc3ccccc3nc21. The van der Waals surface area contributed by atoms with Gasteiger partial charge in [-0.1, -0.05) is 53.5 Å². The number of nitrogens with zero attached hydrogens (tertiary/aromatic N) is 4. The van der Waals surface area contributed by atoms with Gasteiger partial charge in [-0.05, 0) is 42.5 Å². The third-order valence-corrected chi connectivity index (χ3v) is 7.32. The molecule has 4 aromatic rings. The Morgan fingerprint density at radius 1 is 0.767 bits per heavy atom. The maximum absolute atomic E-state index is 13.4. The summed E-state index contributed by atoms with van der Waals surface area (Å²) >= 11 is 12.3. The molecule has 0 N–H and O–H groups in total. The smallest absolute Gasteiger partial charge is 0.267 e. The number of hydrogen-bond donors (Lipinski definition) is 0. The molecule has 9 heteroatoms. The predicted octanol–water partition coefficient (Wildman–Crippen LogP) is 5.24. The molecule has 2 heterocycles. The van der Waals surface area contributed by atoms with Gasteiger partial charge in [0.25, 0.3) is 10.0 Å². The Hall–Kier alpha value is -2.87. The Morgan fingerprint density at radius 2 is 1.40 bits per heavy atom. The first-order valence-corrected chi connectivity index (χ1v) is 11.2. The van der Waals surface area contributed by atoms with E-state index in [0.717, 1.165) is 0 Å². The summed E-state index contributed by atoms with van der Waals surface area (Å²) in [4.78, 5) is 11.3. The lowest BCUT2D eigenvalue weighted by Gasteiger charge is -2.21. The van der Waals surface area contributed by atoms with Crippen molar-refractivity contribution >= 4 is 61.6 Å². The molecule has 0 aliphatic carbocycles. The molecule has 0 amide bonds. The number of fused-ring (bicyclic) bond motifs is 2. The van der Waals surface area contributed by atoms with Crippen molar-refractivity contribution in [3.05, 3.63) is 82.8 Å². The second kappa shape index (κ2) is 7.12. The number of anilines is 3. The maximum atomic E-state index is 13.4. The van der Waals surface area contributed by atoms with Crippen LogP contribution in [0.25, 0.3) is 11.0 Å². The minimum absolute atomic E-state index is 0.0147. The van der Waals surface area contributed by atoms with Crippen LogP contribution in [0.5, 0.6) is 0 Å². The zero-order valence-corrected chi connectivity index (χ0v) is 17.7. The van der Waals surface area contributed by atoms with Gasteiger partial charge in [0.2, 0.25) is 0 Å². The first-order chi connectivity index (χ1) is 14.4. The maximum Gasteiger partial charge on any atom is 0.267 e. The normalized spacial score (nSPS) is 13.7. The summed E-state index contributed by atoms with van der Waals surface area (Å²) in [6.45, 7) is 0.0147. The van der Waals surface area contributed by atoms with Crippen molar-refractivity contribution in [3.8, 4) is 0 Å². The molecular formula is C21H14Cl2N4O2S. The summed E-state index contributed by atoms with van der Waals surface area (Å²) in [5, 5.41) is 0.784. The molecule has 1 aromatic heterocycles. The van der Waals surface area contributed by atoms with Crippen molar-refractivity contribution in [1.29, 1.82) is 0 Å². The number of hydrogen-bond acceptors (Lipinski definition) is 5. The fraction of sp³-hybridized carbons (Fsp3) is 0.0476. The topological polar surface area (TPSA) is 66.4 Å². The van der Waals surface area contributed by atoms with Gasteiger partial charge >= 0.3 is 0 Å². The number of halogens is 2. The second-order valence-corrected chi connectivity index (χ2v) is 9.37. The van der Waals surface area contributed by atoms with Crippen molar-refractivity contribution in [1.82, 2.24) is 9.97 Å². The number of aromatic nitrogens is 2. The Bertz CT molecular complexity index is 1380. The summed E-state index contributed by atoms with van der Waals surface area (Å²) < 4.78 is 28.1. The third-order valence-electron chi connectivity index (χ3n) is 4.84. The molecule has 1 aliphatic rings. The summed E-state index contributed by atoms with van der Waals surface area (Å²) in [6, 6.07) is 20.7. The quantitative estimate of drug-likeness (QED) is 0.421. The monoisotopic (exact) mass is 456 g/mol. The van der Waals surface area contributed by atoms with E-state index in [-0.39, 0.29) is 17.4 Å². The van der Waals surface area contributed by atoms with Crippen LogP contribution < -0.4 is 9.21 Å². The Morgan fingerprint density at radius 3 is 2.07 bits per heavy atom. The van der Waals surface area contributed by atoms with E-state index >= 15 is 0 Å². The lowest BCUT2D eigenvalue weighted by atomic mass is 10.3. The minimum atomic E-state index is -3.85. The van der Waals surface area contributed by atoms with Gasteiger partial charge in [0, 0.05) is 5.69 Å². The van der Waals surface area contributed by atoms with Crippen LogP contribution in [0.1, 0.15) is 0 Å². The average molecular weight is 457 g/mol. The zero-order valence-electron chi connectivity index (χ0n) is 15.4. The molecule has 0 spiro atoms. The van der Waals surface area contributed by atoms with Crippen LogP contribution in [-0.4, -0.2) is 25.1 Å². The Balaban J connectivity index is 1.72. The molecule has 3 aromatic carbocycles. The van der Waals surface area contributed by atoms with Crippen molar-refractivity contribution in [3.63, 3.8) is 0 Å². The van der Waals surface area contributed by atoms with Gasteiger partial charge in [0.15, 0.2) is 11.6 Å². The minimum Gasteiger partial charge on any atom is -0.304 e. The molecule has 6 nitrogen and oxygen atoms in total. The van der Waals surface area contributed by atoms with E-state index in [1.54, 1.807) is 59.5 Å². The molecule has 5 rings (SSSR count). The van der Waals surface area contributed by atoms with Gasteiger partial charge < -0.3 is 4.90 Å². The van der Waals surface area contributed by atoms with Gasteiger partial charge in [-0.2, -0.15) is 0 Å². The molecule has 150 valence electrons. The Labute approximate surface area is 183 Å². The van der Waals surface area contributed by atoms with E-state index in [1.165, 1.54) is 4.31 Å². The molecule has 0 fully saturated rings. The molecule has 1 aliphatic heterocycles. The molecular weight excluding hydrogens is 443 g/mol. The first kappa shape index (κ1) is 19.1. The molecule has 0 saturated carbocycles. The van der Waals surface area contributed by atoms with Gasteiger partial charge in [-0.25, -0.2) is 22.7 Å². The summed E-state index contributed by atoms with van der Waals surface area (Å²) in [5.74, 6) is 0.704. The van der Waals surface area contributed by atoms with E-state index in [2.05, 4.69) is 4.98 Å². The highest BCUT2D eigenvalue weighted by molar-refractivity contribution is 7.92. The van der Waals surface area contributed by atoms with E-state index in [9.17, 15) is 8.42 Å². The first-order valence-electron chi connectivity index (χ1n) is 9.02. The van der Waals surface area contributed by atoms with Crippen LogP contribution in [0.15, 0.2) is 77.7 Å². The van der Waals surface area contributed by atoms with Crippen LogP contribution in [0.3, 0.4) is 0 Å². The lowest BCUT2D eigenvalue weighted by Crippen LogP contribution is -2.34. The number of sulfonamides is 1. The number of rotatable bonds is 3. The van der Waals surface area contributed by atoms with E-state index in [1.807, 2.05) is 18.2 Å². The van der Waals surface area contributed by atoms with Crippen molar-refractivity contribution in [2.45, 2.75) is 4.90 Å². The zero-order chi connectivity index (χ0) is 20.9. The molecule has 0 radical (unpaired) electrons. The van der Waals surface area contributed by atoms with Crippen molar-refractivity contribution in [2.75, 3.05) is 15.9 Å². The average Bonchev–Trinajstić information content (AvgIpc) is 3.14. The molecule has 30 heavy (non-hydrogen) atoms. The molecule has 0 saturated heterocycles. The van der Waals surface area contributed by atoms with Gasteiger partial charge in [0.1, 0.15) is 6.67 Å². The van der Waals surface area contributed by atoms with Gasteiger partial charge in [-0.15, -0.1) is 0 Å². The Kier molecular flexibility index (Phi) is 4.54. The van der Waals surface area contributed by atoms with Crippen LogP contribution >= 0.6 is 23.2 Å². The van der Waals surface area contributed by atoms with Crippen LogP contribution in [-0.2, 0) is 10.0 Å². The van der Waals surface area contributed by atoms with Crippen molar-refractivity contribution in [2.24, 2.45) is 0 Å². The fourth-order valence-electron chi connectivity index (χ4n) is 3.36. The summed E-state index contributed by atoms with van der Waals surface area (Å²) in [6.07, 6.45) is 0. The van der Waals surface area contributed by atoms with E-state index in [4.69, 9.17) is 28.2 Å². The second-order valence-electron chi connectivity index (χ2n) is 6.69. The summed E-state index contributed by atoms with van der Waals surface area (Å²) in [7, 11) is -3.85. The van der Waals surface area contributed by atoms with Gasteiger partial charge in [-0.3, -0.25) is 0 Å². The predicted molar refractivity (Wildman–Crippen MR) is 119 cm³/mol. The van der Waals surface area contributed by atoms with Gasteiger partial charge in [0.05, 0.1) is 26.0 Å². The van der Waals surface area contributed by atoms with E-state index in [0.29, 0.717) is 32.6 Å². The van der Waals surface area contributed by atoms with E-state index < -0.39 is 10.0 Å². The third kappa shape index (κ3) is 3.06. The standard InChI is InChI=1S/C21H14Cl2N4O2S/c22-16-11-10-14(12-17(16)23)26-13-27(30(28,29)15-6-2-1-3-7-15)21-20(26)24-18-8-4-5-9-19(18)25-21/h1-12H,13H2. The molecule has 0 bridgehead atoms. The summed E-state index contributed by atoms with van der Waals surface area (Å²) in [5.41, 5.74) is 1.95. The van der Waals surface area contributed by atoms with Crippen LogP contribution in [0.2, 0.25) is 10.0 Å². The largest absolute Gasteiger partial charge is 0.304 e. The van der Waals surface area contributed by atoms with Crippen LogP contribution in [0, 0.1) is 0 Å². The lowest BCUT2D eigenvalue weighted by molar-refractivity contribution is 0.592. The number of benzene rings is 3. The molecule has 0 atom stereocenters. The van der Waals surface area contributed by atoms with Crippen molar-refractivity contribution < 1.29 is 8.42 Å². The van der Waals surface area contributed by atoms with Crippen LogP contribution in [0.4, 0.5) is 17.3 Å². The highest BCUT2D eigenvalue weighted by Crippen LogP contribution is 2.42. The number of para-hydroxylation sites is 2. The highest BCUT2D eigenvalue weighted by Gasteiger charge is 2.38.